The minimum atomic E-state index is -0.390. The van der Waals surface area contributed by atoms with Crippen LogP contribution in [0.5, 0.6) is 0 Å². The Bertz CT molecular complexity index is 1210. The molecule has 0 unspecified atom stereocenters. The summed E-state index contributed by atoms with van der Waals surface area (Å²) in [5, 5.41) is 6.52. The number of hydrogen-bond donors (Lipinski definition) is 0. The first-order valence-electron chi connectivity index (χ1n) is 8.86. The molecule has 1 aromatic carbocycles. The van der Waals surface area contributed by atoms with E-state index in [4.69, 9.17) is 5.10 Å². The van der Waals surface area contributed by atoms with Crippen LogP contribution in [0.2, 0.25) is 0 Å². The average molecular weight is 366 g/mol. The van der Waals surface area contributed by atoms with Gasteiger partial charge in [0.1, 0.15) is 0 Å². The molecule has 4 rings (SSSR count). The minimum Gasteiger partial charge on any atom is -0.294 e. The summed E-state index contributed by atoms with van der Waals surface area (Å²) >= 11 is 0. The molecule has 1 aliphatic heterocycles. The van der Waals surface area contributed by atoms with Crippen molar-refractivity contribution in [2.24, 2.45) is 19.2 Å². The largest absolute Gasteiger partial charge is 0.332 e. The maximum Gasteiger partial charge on any atom is 0.332 e. The molecule has 1 aliphatic rings. The minimum absolute atomic E-state index is 0.122. The molecule has 140 valence electrons. The molecule has 3 aromatic rings. The van der Waals surface area contributed by atoms with Gasteiger partial charge in [0.2, 0.25) is 5.95 Å². The fourth-order valence-electron chi connectivity index (χ4n) is 3.51. The van der Waals surface area contributed by atoms with Crippen molar-refractivity contribution in [1.29, 1.82) is 0 Å². The summed E-state index contributed by atoms with van der Waals surface area (Å²) in [6, 6.07) is 7.98. The van der Waals surface area contributed by atoms with Crippen molar-refractivity contribution in [3.63, 3.8) is 0 Å². The van der Waals surface area contributed by atoms with Gasteiger partial charge in [-0.2, -0.15) is 10.1 Å². The zero-order valence-corrected chi connectivity index (χ0v) is 16.1. The maximum absolute atomic E-state index is 12.8. The second kappa shape index (κ2) is 5.94. The van der Waals surface area contributed by atoms with Crippen LogP contribution >= 0.6 is 0 Å². The Morgan fingerprint density at radius 1 is 1.07 bits per heavy atom. The van der Waals surface area contributed by atoms with Crippen molar-refractivity contribution in [2.75, 3.05) is 5.01 Å². The van der Waals surface area contributed by atoms with Crippen LogP contribution in [0.1, 0.15) is 31.0 Å². The first kappa shape index (κ1) is 17.3. The van der Waals surface area contributed by atoms with E-state index in [0.717, 1.165) is 21.4 Å². The molecule has 0 saturated carbocycles. The van der Waals surface area contributed by atoms with E-state index in [1.54, 1.807) is 7.05 Å². The summed E-state index contributed by atoms with van der Waals surface area (Å²) in [6.07, 6.45) is 0. The van der Waals surface area contributed by atoms with Crippen molar-refractivity contribution in [1.82, 2.24) is 18.7 Å². The number of imidazole rings is 1. The van der Waals surface area contributed by atoms with E-state index >= 15 is 0 Å². The van der Waals surface area contributed by atoms with Crippen molar-refractivity contribution < 1.29 is 0 Å². The van der Waals surface area contributed by atoms with Gasteiger partial charge in [-0.05, 0) is 31.9 Å². The van der Waals surface area contributed by atoms with Gasteiger partial charge in [-0.3, -0.25) is 18.5 Å². The SMILES string of the molecule is CC1=NN(Cc2ccccc2C)c2nc3c(c(=O)n(C)c(=O)n3C)n2[C@@H]1C. The van der Waals surface area contributed by atoms with E-state index in [2.05, 4.69) is 24.0 Å². The van der Waals surface area contributed by atoms with Crippen LogP contribution in [0.15, 0.2) is 39.0 Å². The number of aryl methyl sites for hydroxylation is 2. The van der Waals surface area contributed by atoms with Crippen LogP contribution in [-0.2, 0) is 20.6 Å². The molecule has 2 aromatic heterocycles. The molecule has 27 heavy (non-hydrogen) atoms. The molecule has 8 nitrogen and oxygen atoms in total. The summed E-state index contributed by atoms with van der Waals surface area (Å²) in [5.41, 5.74) is 3.24. The Kier molecular flexibility index (Phi) is 3.80. The fourth-order valence-corrected chi connectivity index (χ4v) is 3.51. The van der Waals surface area contributed by atoms with E-state index in [0.29, 0.717) is 23.7 Å². The standard InChI is InChI=1S/C19H22N6O2/c1-11-8-6-7-9-14(11)10-24-18-20-16-15(25(18)13(3)12(2)21-24)17(26)23(5)19(27)22(16)4/h6-9,13H,10H2,1-5H3/t13-/m1/s1. The van der Waals surface area contributed by atoms with Crippen molar-refractivity contribution >= 4 is 22.8 Å². The van der Waals surface area contributed by atoms with Crippen LogP contribution < -0.4 is 16.3 Å². The zero-order chi connectivity index (χ0) is 19.5. The van der Waals surface area contributed by atoms with E-state index < -0.39 is 5.69 Å². The lowest BCUT2D eigenvalue weighted by Gasteiger charge is -2.29. The van der Waals surface area contributed by atoms with Crippen molar-refractivity contribution in [2.45, 2.75) is 33.4 Å². The highest BCUT2D eigenvalue weighted by Crippen LogP contribution is 2.31. The number of aromatic nitrogens is 4. The lowest BCUT2D eigenvalue weighted by molar-refractivity contribution is 0.633. The number of anilines is 1. The van der Waals surface area contributed by atoms with Gasteiger partial charge in [0.25, 0.3) is 5.56 Å². The first-order chi connectivity index (χ1) is 12.8. The van der Waals surface area contributed by atoms with E-state index in [9.17, 15) is 9.59 Å². The highest BCUT2D eigenvalue weighted by molar-refractivity contribution is 5.91. The molecule has 0 spiro atoms. The number of hydrogen-bond acceptors (Lipinski definition) is 5. The summed E-state index contributed by atoms with van der Waals surface area (Å²) in [4.78, 5) is 29.8. The Balaban J connectivity index is 1.98. The Morgan fingerprint density at radius 3 is 2.48 bits per heavy atom. The molecule has 8 heteroatoms. The molecule has 0 radical (unpaired) electrons. The quantitative estimate of drug-likeness (QED) is 0.692. The highest BCUT2D eigenvalue weighted by atomic mass is 16.2. The lowest BCUT2D eigenvalue weighted by Crippen LogP contribution is -2.38. The predicted octanol–water partition coefficient (Wildman–Crippen LogP) is 1.70. The molecule has 0 bridgehead atoms. The molecular weight excluding hydrogens is 344 g/mol. The van der Waals surface area contributed by atoms with Gasteiger partial charge in [0.05, 0.1) is 18.3 Å². The zero-order valence-electron chi connectivity index (χ0n) is 16.1. The fraction of sp³-hybridized carbons (Fsp3) is 0.368. The van der Waals surface area contributed by atoms with E-state index in [1.807, 2.05) is 35.6 Å². The van der Waals surface area contributed by atoms with Gasteiger partial charge in [0.15, 0.2) is 11.2 Å². The third-order valence-corrected chi connectivity index (χ3v) is 5.36. The average Bonchev–Trinajstić information content (AvgIpc) is 3.05. The molecule has 0 aliphatic carbocycles. The van der Waals surface area contributed by atoms with E-state index in [-0.39, 0.29) is 11.6 Å². The number of nitrogens with zero attached hydrogens (tertiary/aromatic N) is 6. The maximum atomic E-state index is 12.8. The van der Waals surface area contributed by atoms with Crippen molar-refractivity contribution in [3.8, 4) is 0 Å². The van der Waals surface area contributed by atoms with Crippen LogP contribution in [0.3, 0.4) is 0 Å². The first-order valence-corrected chi connectivity index (χ1v) is 8.86. The molecule has 0 N–H and O–H groups in total. The smallest absolute Gasteiger partial charge is 0.294 e. The normalized spacial score (nSPS) is 16.6. The Hall–Kier alpha value is -3.16. The monoisotopic (exact) mass is 366 g/mol. The summed E-state index contributed by atoms with van der Waals surface area (Å²) in [7, 11) is 3.12. The van der Waals surface area contributed by atoms with E-state index in [1.165, 1.54) is 11.6 Å². The van der Waals surface area contributed by atoms with Gasteiger partial charge in [-0.1, -0.05) is 24.3 Å². The number of fused-ring (bicyclic) bond motifs is 3. The Labute approximate surface area is 156 Å². The van der Waals surface area contributed by atoms with Crippen LogP contribution in [0.25, 0.3) is 11.2 Å². The van der Waals surface area contributed by atoms with Crippen LogP contribution in [0, 0.1) is 6.92 Å². The van der Waals surface area contributed by atoms with Crippen LogP contribution in [-0.4, -0.2) is 24.4 Å². The second-order valence-electron chi connectivity index (χ2n) is 7.06. The third kappa shape index (κ3) is 2.43. The molecule has 0 fully saturated rings. The topological polar surface area (TPSA) is 77.4 Å². The van der Waals surface area contributed by atoms with Gasteiger partial charge in [-0.15, -0.1) is 0 Å². The summed E-state index contributed by atoms with van der Waals surface area (Å²) in [5.74, 6) is 0.574. The van der Waals surface area contributed by atoms with Crippen molar-refractivity contribution in [3.05, 3.63) is 56.2 Å². The van der Waals surface area contributed by atoms with Gasteiger partial charge < -0.3 is 0 Å². The third-order valence-electron chi connectivity index (χ3n) is 5.36. The number of hydrazone groups is 1. The molecule has 0 saturated heterocycles. The highest BCUT2D eigenvalue weighted by Gasteiger charge is 2.30. The molecule has 3 heterocycles. The van der Waals surface area contributed by atoms with Gasteiger partial charge >= 0.3 is 5.69 Å². The number of benzene rings is 1. The second-order valence-corrected chi connectivity index (χ2v) is 7.06. The molecular formula is C19H22N6O2. The predicted molar refractivity (Wildman–Crippen MR) is 105 cm³/mol. The lowest BCUT2D eigenvalue weighted by atomic mass is 10.1. The molecule has 0 amide bonds. The van der Waals surface area contributed by atoms with Gasteiger partial charge in [0, 0.05) is 14.1 Å². The van der Waals surface area contributed by atoms with Crippen LogP contribution in [0.4, 0.5) is 5.95 Å². The summed E-state index contributed by atoms with van der Waals surface area (Å²) < 4.78 is 4.42. The molecule has 1 atom stereocenters. The Morgan fingerprint density at radius 2 is 1.78 bits per heavy atom. The summed E-state index contributed by atoms with van der Waals surface area (Å²) in [6.45, 7) is 6.52. The van der Waals surface area contributed by atoms with Gasteiger partial charge in [-0.25, -0.2) is 9.80 Å². The number of rotatable bonds is 2.